The molecule has 1 aliphatic rings. The van der Waals surface area contributed by atoms with Crippen molar-refractivity contribution in [3.63, 3.8) is 0 Å². The predicted molar refractivity (Wildman–Crippen MR) is 152 cm³/mol. The summed E-state index contributed by atoms with van der Waals surface area (Å²) < 4.78 is 21.5. The minimum absolute atomic E-state index is 0.119. The number of rotatable bonds is 8. The number of carbonyl (C=O) groups is 2. The number of thioether (sulfide) groups is 1. The largest absolute Gasteiger partial charge is 0.497 e. The molecule has 1 atom stereocenters. The zero-order valence-electron chi connectivity index (χ0n) is 21.8. The molecule has 1 aliphatic heterocycles. The number of amides is 2. The van der Waals surface area contributed by atoms with Crippen LogP contribution < -0.4 is 15.0 Å². The monoisotopic (exact) mass is 544 g/mol. The van der Waals surface area contributed by atoms with Gasteiger partial charge in [-0.05, 0) is 48.4 Å². The van der Waals surface area contributed by atoms with Crippen molar-refractivity contribution in [3.05, 3.63) is 95.8 Å². The zero-order valence-corrected chi connectivity index (χ0v) is 22.6. The van der Waals surface area contributed by atoms with Crippen LogP contribution in [0.25, 0.3) is 16.9 Å². The smallest absolute Gasteiger partial charge is 0.240 e. The summed E-state index contributed by atoms with van der Waals surface area (Å²) in [6, 6.07) is 23.5. The predicted octanol–water partition coefficient (Wildman–Crippen LogP) is 5.38. The van der Waals surface area contributed by atoms with E-state index in [4.69, 9.17) is 9.84 Å². The van der Waals surface area contributed by atoms with Gasteiger partial charge < -0.3 is 10.1 Å². The van der Waals surface area contributed by atoms with E-state index >= 15 is 0 Å². The number of nitrogens with zero attached hydrogens (tertiary/aromatic N) is 3. The van der Waals surface area contributed by atoms with Crippen molar-refractivity contribution >= 4 is 29.4 Å². The summed E-state index contributed by atoms with van der Waals surface area (Å²) in [5, 5.41) is 7.51. The number of anilines is 1. The number of hydrogen-bond donors (Lipinski definition) is 1. The molecule has 7 nitrogen and oxygen atoms in total. The van der Waals surface area contributed by atoms with Crippen LogP contribution in [0.3, 0.4) is 0 Å². The van der Waals surface area contributed by atoms with Crippen LogP contribution in [0.5, 0.6) is 5.75 Å². The molecule has 0 fully saturated rings. The Balaban J connectivity index is 1.78. The molecule has 2 heterocycles. The Morgan fingerprint density at radius 1 is 1.10 bits per heavy atom. The highest BCUT2D eigenvalue weighted by molar-refractivity contribution is 8.00. The molecule has 0 saturated heterocycles. The standard InChI is InChI=1S/C30H29FN4O3S/c1-3-16-32-25(36)18-34-26(37)19-39-29(21-10-7-11-22(31)17-21)27-28(20-8-5-4-6-9-20)33-35(30(27)34)23-12-14-24(38-2)15-13-23/h4-15,17,29H,3,16,18-19H2,1-2H3,(H,32,36)/t29-/m1/s1. The SMILES string of the molecule is CCCNC(=O)CN1C(=O)CS[C@H](c2cccc(F)c2)c2c(-c3ccccc3)nn(-c3ccc(OC)cc3)c21. The van der Waals surface area contributed by atoms with Crippen LogP contribution in [0.1, 0.15) is 29.7 Å². The van der Waals surface area contributed by atoms with Crippen LogP contribution in [0.2, 0.25) is 0 Å². The van der Waals surface area contributed by atoms with Gasteiger partial charge in [-0.2, -0.15) is 5.10 Å². The molecule has 0 bridgehead atoms. The molecule has 5 rings (SSSR count). The lowest BCUT2D eigenvalue weighted by Crippen LogP contribution is -2.42. The Labute approximate surface area is 231 Å². The first kappa shape index (κ1) is 26.5. The van der Waals surface area contributed by atoms with Crippen molar-refractivity contribution in [3.8, 4) is 22.7 Å². The molecule has 1 aromatic heterocycles. The second kappa shape index (κ2) is 11.7. The average Bonchev–Trinajstić information content (AvgIpc) is 3.29. The summed E-state index contributed by atoms with van der Waals surface area (Å²) >= 11 is 1.41. The molecule has 2 amide bonds. The van der Waals surface area contributed by atoms with Crippen LogP contribution >= 0.6 is 11.8 Å². The summed E-state index contributed by atoms with van der Waals surface area (Å²) in [4.78, 5) is 28.1. The first-order chi connectivity index (χ1) is 19.0. The zero-order chi connectivity index (χ0) is 27.4. The Bertz CT molecular complexity index is 1470. The Morgan fingerprint density at radius 3 is 2.56 bits per heavy atom. The Kier molecular flexibility index (Phi) is 7.97. The Morgan fingerprint density at radius 2 is 1.87 bits per heavy atom. The maximum atomic E-state index is 14.4. The van der Waals surface area contributed by atoms with E-state index in [1.165, 1.54) is 28.8 Å². The maximum absolute atomic E-state index is 14.4. The van der Waals surface area contributed by atoms with Crippen molar-refractivity contribution in [2.45, 2.75) is 18.6 Å². The first-order valence-corrected chi connectivity index (χ1v) is 13.8. The number of hydrogen-bond acceptors (Lipinski definition) is 5. The molecule has 0 radical (unpaired) electrons. The third-order valence-electron chi connectivity index (χ3n) is 6.48. The molecule has 4 aromatic rings. The quantitative estimate of drug-likeness (QED) is 0.322. The maximum Gasteiger partial charge on any atom is 0.240 e. The molecular formula is C30H29FN4O3S. The highest BCUT2D eigenvalue weighted by Gasteiger charge is 2.37. The van der Waals surface area contributed by atoms with Crippen molar-refractivity contribution in [1.29, 1.82) is 0 Å². The molecule has 9 heteroatoms. The van der Waals surface area contributed by atoms with Gasteiger partial charge in [-0.1, -0.05) is 49.4 Å². The van der Waals surface area contributed by atoms with Crippen LogP contribution in [0.4, 0.5) is 10.2 Å². The molecule has 0 spiro atoms. The van der Waals surface area contributed by atoms with E-state index in [1.807, 2.05) is 67.6 Å². The van der Waals surface area contributed by atoms with E-state index in [9.17, 15) is 14.0 Å². The van der Waals surface area contributed by atoms with Gasteiger partial charge in [0.1, 0.15) is 23.9 Å². The number of benzene rings is 3. The van der Waals surface area contributed by atoms with Gasteiger partial charge in [0.15, 0.2) is 0 Å². The number of nitrogens with one attached hydrogen (secondary N) is 1. The molecule has 1 N–H and O–H groups in total. The molecule has 0 unspecified atom stereocenters. The van der Waals surface area contributed by atoms with Gasteiger partial charge in [0.25, 0.3) is 0 Å². The van der Waals surface area contributed by atoms with E-state index in [0.29, 0.717) is 29.5 Å². The van der Waals surface area contributed by atoms with Crippen LogP contribution in [0, 0.1) is 5.82 Å². The number of halogens is 1. The number of fused-ring (bicyclic) bond motifs is 1. The van der Waals surface area contributed by atoms with Crippen molar-refractivity contribution in [2.24, 2.45) is 0 Å². The minimum atomic E-state index is -0.398. The van der Waals surface area contributed by atoms with E-state index in [2.05, 4.69) is 5.32 Å². The van der Waals surface area contributed by atoms with E-state index in [-0.39, 0.29) is 29.9 Å². The van der Waals surface area contributed by atoms with Crippen LogP contribution in [-0.4, -0.2) is 47.5 Å². The fourth-order valence-electron chi connectivity index (χ4n) is 4.63. The fourth-order valence-corrected chi connectivity index (χ4v) is 5.82. The van der Waals surface area contributed by atoms with Crippen molar-refractivity contribution in [1.82, 2.24) is 15.1 Å². The normalized spacial score (nSPS) is 15.0. The summed E-state index contributed by atoms with van der Waals surface area (Å²) in [5.41, 5.74) is 3.69. The minimum Gasteiger partial charge on any atom is -0.497 e. The number of aromatic nitrogens is 2. The lowest BCUT2D eigenvalue weighted by atomic mass is 9.99. The number of carbonyl (C=O) groups excluding carboxylic acids is 2. The molecule has 200 valence electrons. The van der Waals surface area contributed by atoms with Gasteiger partial charge in [0.05, 0.1) is 29.5 Å². The van der Waals surface area contributed by atoms with E-state index in [1.54, 1.807) is 17.9 Å². The summed E-state index contributed by atoms with van der Waals surface area (Å²) in [6.07, 6.45) is 0.782. The van der Waals surface area contributed by atoms with Gasteiger partial charge in [-0.3, -0.25) is 14.5 Å². The topological polar surface area (TPSA) is 76.5 Å². The second-order valence-corrected chi connectivity index (χ2v) is 10.2. The number of ether oxygens (including phenoxy) is 1. The van der Waals surface area contributed by atoms with Crippen LogP contribution in [0.15, 0.2) is 78.9 Å². The first-order valence-electron chi connectivity index (χ1n) is 12.8. The third-order valence-corrected chi connectivity index (χ3v) is 7.73. The van der Waals surface area contributed by atoms with Gasteiger partial charge in [-0.15, -0.1) is 11.8 Å². The van der Waals surface area contributed by atoms with Gasteiger partial charge in [0, 0.05) is 17.7 Å². The lowest BCUT2D eigenvalue weighted by molar-refractivity contribution is -0.122. The highest BCUT2D eigenvalue weighted by atomic mass is 32.2. The average molecular weight is 545 g/mol. The van der Waals surface area contributed by atoms with E-state index < -0.39 is 5.25 Å². The molecule has 3 aromatic carbocycles. The van der Waals surface area contributed by atoms with Crippen molar-refractivity contribution < 1.29 is 18.7 Å². The summed E-state index contributed by atoms with van der Waals surface area (Å²) in [5.74, 6) is 0.462. The summed E-state index contributed by atoms with van der Waals surface area (Å²) in [7, 11) is 1.60. The fraction of sp³-hybridized carbons (Fsp3) is 0.233. The lowest BCUT2D eigenvalue weighted by Gasteiger charge is -2.23. The second-order valence-electron chi connectivity index (χ2n) is 9.14. The van der Waals surface area contributed by atoms with E-state index in [0.717, 1.165) is 23.1 Å². The highest BCUT2D eigenvalue weighted by Crippen LogP contribution is 2.48. The van der Waals surface area contributed by atoms with Gasteiger partial charge in [0.2, 0.25) is 11.8 Å². The molecule has 0 saturated carbocycles. The van der Waals surface area contributed by atoms with Crippen molar-refractivity contribution in [2.75, 3.05) is 30.9 Å². The third kappa shape index (κ3) is 5.54. The molecule has 0 aliphatic carbocycles. The molecular weight excluding hydrogens is 515 g/mol. The van der Waals surface area contributed by atoms with Gasteiger partial charge >= 0.3 is 0 Å². The molecule has 39 heavy (non-hydrogen) atoms. The van der Waals surface area contributed by atoms with Gasteiger partial charge in [-0.25, -0.2) is 9.07 Å². The summed E-state index contributed by atoms with van der Waals surface area (Å²) in [6.45, 7) is 2.33. The number of methoxy groups -OCH3 is 1. The Hall–Kier alpha value is -4.11. The van der Waals surface area contributed by atoms with Crippen LogP contribution in [-0.2, 0) is 9.59 Å².